The third-order valence-electron chi connectivity index (χ3n) is 5.88. The van der Waals surface area contributed by atoms with Crippen molar-refractivity contribution in [3.63, 3.8) is 0 Å². The molecule has 5 aromatic rings. The summed E-state index contributed by atoms with van der Waals surface area (Å²) in [5.41, 5.74) is 5.19. The van der Waals surface area contributed by atoms with Gasteiger partial charge >= 0.3 is 0 Å². The molecule has 37 heavy (non-hydrogen) atoms. The minimum Gasteiger partial charge on any atom is -0.347 e. The molecule has 0 saturated heterocycles. The summed E-state index contributed by atoms with van der Waals surface area (Å²) in [5.74, 6) is -0.438. The first-order chi connectivity index (χ1) is 17.9. The number of aryl methyl sites for hydroxylation is 1. The van der Waals surface area contributed by atoms with E-state index in [0.29, 0.717) is 27.4 Å². The summed E-state index contributed by atoms with van der Waals surface area (Å²) >= 11 is 6.23. The first-order valence-electron chi connectivity index (χ1n) is 11.5. The lowest BCUT2D eigenvalue weighted by Gasteiger charge is -2.13. The Morgan fingerprint density at radius 1 is 1.00 bits per heavy atom. The van der Waals surface area contributed by atoms with Crippen molar-refractivity contribution in [1.29, 1.82) is 5.26 Å². The second kappa shape index (κ2) is 10.1. The van der Waals surface area contributed by atoms with E-state index in [1.54, 1.807) is 36.4 Å². The van der Waals surface area contributed by atoms with E-state index < -0.39 is 5.91 Å². The maximum Gasteiger partial charge on any atom is 0.268 e. The fraction of sp³-hybridized carbons (Fsp3) is 0.0690. The second-order valence-electron chi connectivity index (χ2n) is 8.51. The number of rotatable bonds is 5. The predicted octanol–water partition coefficient (Wildman–Crippen LogP) is 5.42. The molecule has 1 amide bonds. The molecule has 7 nitrogen and oxygen atoms in total. The molecular formula is C29H20ClN5O2. The number of aromatic nitrogens is 3. The van der Waals surface area contributed by atoms with Gasteiger partial charge in [0.15, 0.2) is 5.43 Å². The van der Waals surface area contributed by atoms with E-state index >= 15 is 0 Å². The number of nitrogens with one attached hydrogen (secondary N) is 2. The summed E-state index contributed by atoms with van der Waals surface area (Å²) < 4.78 is 0. The number of carbonyl (C=O) groups is 1. The van der Waals surface area contributed by atoms with Crippen LogP contribution in [0, 0.1) is 18.3 Å². The molecule has 2 aromatic carbocycles. The lowest BCUT2D eigenvalue weighted by atomic mass is 9.98. The number of pyridine rings is 3. The molecule has 2 N–H and O–H groups in total. The number of nitrogens with zero attached hydrogens (tertiary/aromatic N) is 3. The Bertz CT molecular complexity index is 1720. The number of fused-ring (bicyclic) bond motifs is 1. The van der Waals surface area contributed by atoms with Crippen molar-refractivity contribution in [3.05, 3.63) is 117 Å². The zero-order valence-corrected chi connectivity index (χ0v) is 20.5. The second-order valence-corrected chi connectivity index (χ2v) is 8.89. The van der Waals surface area contributed by atoms with E-state index in [0.717, 1.165) is 27.9 Å². The van der Waals surface area contributed by atoms with Gasteiger partial charge in [-0.3, -0.25) is 9.59 Å². The van der Waals surface area contributed by atoms with Gasteiger partial charge in [0.05, 0.1) is 22.7 Å². The molecule has 0 unspecified atom stereocenters. The zero-order valence-electron chi connectivity index (χ0n) is 19.7. The first-order valence-corrected chi connectivity index (χ1v) is 11.8. The predicted molar refractivity (Wildman–Crippen MR) is 143 cm³/mol. The van der Waals surface area contributed by atoms with Crippen molar-refractivity contribution in [2.75, 3.05) is 0 Å². The number of hydrogen-bond donors (Lipinski definition) is 2. The van der Waals surface area contributed by atoms with E-state index in [2.05, 4.69) is 21.4 Å². The van der Waals surface area contributed by atoms with Crippen molar-refractivity contribution in [1.82, 2.24) is 20.3 Å². The zero-order chi connectivity index (χ0) is 25.9. The Hall–Kier alpha value is -4.80. The largest absolute Gasteiger partial charge is 0.347 e. The van der Waals surface area contributed by atoms with Gasteiger partial charge in [-0.2, -0.15) is 5.26 Å². The average Bonchev–Trinajstić information content (AvgIpc) is 2.91. The van der Waals surface area contributed by atoms with Crippen LogP contribution in [0.25, 0.3) is 33.4 Å². The molecule has 0 aliphatic heterocycles. The monoisotopic (exact) mass is 505 g/mol. The summed E-state index contributed by atoms with van der Waals surface area (Å²) in [5, 5.41) is 12.4. The van der Waals surface area contributed by atoms with Crippen LogP contribution in [0.4, 0.5) is 0 Å². The first kappa shape index (κ1) is 23.9. The molecule has 0 atom stereocenters. The number of benzene rings is 2. The van der Waals surface area contributed by atoms with Crippen molar-refractivity contribution >= 4 is 28.5 Å². The summed E-state index contributed by atoms with van der Waals surface area (Å²) in [4.78, 5) is 38.0. The molecule has 3 aromatic heterocycles. The number of halogens is 1. The molecule has 180 valence electrons. The summed E-state index contributed by atoms with van der Waals surface area (Å²) in [6.07, 6.45) is 0. The van der Waals surface area contributed by atoms with Crippen LogP contribution in [0.15, 0.2) is 83.7 Å². The highest BCUT2D eigenvalue weighted by molar-refractivity contribution is 6.29. The van der Waals surface area contributed by atoms with Crippen LogP contribution >= 0.6 is 11.6 Å². The van der Waals surface area contributed by atoms with Gasteiger partial charge < -0.3 is 10.3 Å². The highest BCUT2D eigenvalue weighted by Crippen LogP contribution is 2.33. The standard InChI is InChI=1S/C29H20ClN5O2/c1-17-11-21(12-26(30)33-17)22-13-23-25(36)14-24(29(37)32-16-19-9-7-18(15-31)8-10-19)34-28(23)35-27(22)20-5-3-2-4-6-20/h2-14H,16H2,1H3,(H,32,37)(H,34,35,36). The number of amides is 1. The van der Waals surface area contributed by atoms with Gasteiger partial charge in [-0.1, -0.05) is 54.1 Å². The molecule has 0 bridgehead atoms. The quantitative estimate of drug-likeness (QED) is 0.310. The van der Waals surface area contributed by atoms with E-state index in [-0.39, 0.29) is 17.7 Å². The fourth-order valence-corrected chi connectivity index (χ4v) is 4.34. The normalized spacial score (nSPS) is 10.7. The smallest absolute Gasteiger partial charge is 0.268 e. The van der Waals surface area contributed by atoms with Gasteiger partial charge in [-0.05, 0) is 48.4 Å². The molecule has 8 heteroatoms. The molecule has 0 spiro atoms. The molecule has 3 heterocycles. The van der Waals surface area contributed by atoms with E-state index in [4.69, 9.17) is 21.8 Å². The van der Waals surface area contributed by atoms with Crippen LogP contribution in [0.2, 0.25) is 5.15 Å². The Morgan fingerprint density at radius 2 is 1.76 bits per heavy atom. The topological polar surface area (TPSA) is 112 Å². The minimum absolute atomic E-state index is 0.105. The highest BCUT2D eigenvalue weighted by Gasteiger charge is 2.17. The van der Waals surface area contributed by atoms with Gasteiger partial charge in [0, 0.05) is 29.4 Å². The maximum atomic E-state index is 13.1. The van der Waals surface area contributed by atoms with Crippen molar-refractivity contribution in [2.24, 2.45) is 0 Å². The minimum atomic E-state index is -0.438. The Kier molecular flexibility index (Phi) is 6.50. The molecule has 0 saturated carbocycles. The Balaban J connectivity index is 1.57. The van der Waals surface area contributed by atoms with Crippen LogP contribution in [0.5, 0.6) is 0 Å². The number of hydrogen-bond acceptors (Lipinski definition) is 5. The summed E-state index contributed by atoms with van der Waals surface area (Å²) in [7, 11) is 0. The van der Waals surface area contributed by atoms with Gasteiger partial charge in [0.25, 0.3) is 5.91 Å². The van der Waals surface area contributed by atoms with E-state index in [1.165, 1.54) is 6.07 Å². The molecule has 0 fully saturated rings. The Morgan fingerprint density at radius 3 is 2.46 bits per heavy atom. The van der Waals surface area contributed by atoms with E-state index in [9.17, 15) is 9.59 Å². The van der Waals surface area contributed by atoms with E-state index in [1.807, 2.05) is 43.3 Å². The summed E-state index contributed by atoms with van der Waals surface area (Å²) in [6, 6.07) is 25.2. The fourth-order valence-electron chi connectivity index (χ4n) is 4.09. The van der Waals surface area contributed by atoms with Gasteiger partial charge in [0.2, 0.25) is 0 Å². The number of nitriles is 1. The van der Waals surface area contributed by atoms with Crippen LogP contribution in [-0.2, 0) is 6.54 Å². The van der Waals surface area contributed by atoms with Crippen molar-refractivity contribution < 1.29 is 4.79 Å². The van der Waals surface area contributed by atoms with Gasteiger partial charge in [-0.15, -0.1) is 0 Å². The van der Waals surface area contributed by atoms with Crippen LogP contribution in [0.3, 0.4) is 0 Å². The Labute approximate surface area is 217 Å². The van der Waals surface area contributed by atoms with Gasteiger partial charge in [-0.25, -0.2) is 9.97 Å². The van der Waals surface area contributed by atoms with Gasteiger partial charge in [0.1, 0.15) is 16.5 Å². The molecule has 5 rings (SSSR count). The van der Waals surface area contributed by atoms with Crippen molar-refractivity contribution in [2.45, 2.75) is 13.5 Å². The molecular weight excluding hydrogens is 486 g/mol. The van der Waals surface area contributed by atoms with Crippen molar-refractivity contribution in [3.8, 4) is 28.5 Å². The lowest BCUT2D eigenvalue weighted by Crippen LogP contribution is -2.25. The molecule has 0 aliphatic rings. The van der Waals surface area contributed by atoms with Crippen LogP contribution in [0.1, 0.15) is 27.3 Å². The lowest BCUT2D eigenvalue weighted by molar-refractivity contribution is 0.0946. The third kappa shape index (κ3) is 5.10. The third-order valence-corrected chi connectivity index (χ3v) is 6.07. The SMILES string of the molecule is Cc1cc(-c2cc3c(=O)cc(C(=O)NCc4ccc(C#N)cc4)[nH]c3nc2-c2ccccc2)cc(Cl)n1. The van der Waals surface area contributed by atoms with Crippen LogP contribution < -0.4 is 10.7 Å². The summed E-state index contributed by atoms with van der Waals surface area (Å²) in [6.45, 7) is 2.09. The number of aromatic amines is 1. The average molecular weight is 506 g/mol. The maximum absolute atomic E-state index is 13.1. The molecule has 0 radical (unpaired) electrons. The molecule has 0 aliphatic carbocycles. The highest BCUT2D eigenvalue weighted by atomic mass is 35.5. The number of carbonyl (C=O) groups excluding carboxylic acids is 1. The van der Waals surface area contributed by atoms with Crippen LogP contribution in [-0.4, -0.2) is 20.9 Å². The number of H-pyrrole nitrogens is 1.